The number of carbonyl (C=O) groups is 2. The number of anilines is 2. The number of hydrogen-bond acceptors (Lipinski definition) is 6. The van der Waals surface area contributed by atoms with Gasteiger partial charge in [0.2, 0.25) is 5.91 Å². The van der Waals surface area contributed by atoms with E-state index in [0.717, 1.165) is 39.3 Å². The molecule has 202 valence electrons. The quantitative estimate of drug-likeness (QED) is 0.327. The molecule has 4 heterocycles. The van der Waals surface area contributed by atoms with Crippen LogP contribution in [0.5, 0.6) is 5.75 Å². The van der Waals surface area contributed by atoms with Crippen molar-refractivity contribution < 1.29 is 14.3 Å². The molecule has 2 aromatic carbocycles. The molecule has 0 fully saturated rings. The van der Waals surface area contributed by atoms with Crippen LogP contribution in [-0.2, 0) is 22.3 Å². The lowest BCUT2D eigenvalue weighted by Gasteiger charge is -2.32. The van der Waals surface area contributed by atoms with Gasteiger partial charge in [0.05, 0.1) is 23.8 Å². The zero-order valence-electron chi connectivity index (χ0n) is 23.5. The molecule has 0 saturated heterocycles. The number of ether oxygens (including phenoxy) is 1. The molecule has 6 rings (SSSR count). The van der Waals surface area contributed by atoms with E-state index in [4.69, 9.17) is 9.72 Å². The Labute approximate surface area is 233 Å². The topological polar surface area (TPSA) is 88.5 Å². The number of pyridine rings is 1. The summed E-state index contributed by atoms with van der Waals surface area (Å²) in [5, 5.41) is 0. The minimum Gasteiger partial charge on any atom is -0.497 e. The SMILES string of the molecule is COc1ccc(CN2C(=O)c3nc(N4C(=O)C(C)(C)c5ccc(-c6cnc(C)nc6)cc54)ccc3C2(C)C)cc1. The van der Waals surface area contributed by atoms with E-state index in [9.17, 15) is 9.59 Å². The lowest BCUT2D eigenvalue weighted by Crippen LogP contribution is -2.38. The fraction of sp³-hybridized carbons (Fsp3) is 0.281. The maximum Gasteiger partial charge on any atom is 0.273 e. The largest absolute Gasteiger partial charge is 0.497 e. The van der Waals surface area contributed by atoms with Gasteiger partial charge in [-0.15, -0.1) is 0 Å². The summed E-state index contributed by atoms with van der Waals surface area (Å²) < 4.78 is 5.27. The van der Waals surface area contributed by atoms with Gasteiger partial charge >= 0.3 is 0 Å². The van der Waals surface area contributed by atoms with Crippen LogP contribution in [0.15, 0.2) is 67.0 Å². The molecule has 0 N–H and O–H groups in total. The molecule has 8 nitrogen and oxygen atoms in total. The minimum absolute atomic E-state index is 0.0907. The number of rotatable bonds is 5. The molecular weight excluding hydrogens is 502 g/mol. The van der Waals surface area contributed by atoms with Gasteiger partial charge in [0, 0.05) is 30.1 Å². The molecule has 0 aliphatic carbocycles. The van der Waals surface area contributed by atoms with Crippen molar-refractivity contribution in [2.75, 3.05) is 12.0 Å². The van der Waals surface area contributed by atoms with Crippen LogP contribution < -0.4 is 9.64 Å². The van der Waals surface area contributed by atoms with E-state index in [2.05, 4.69) is 9.97 Å². The van der Waals surface area contributed by atoms with Gasteiger partial charge in [-0.1, -0.05) is 30.3 Å². The zero-order valence-corrected chi connectivity index (χ0v) is 23.5. The van der Waals surface area contributed by atoms with E-state index in [0.29, 0.717) is 23.9 Å². The van der Waals surface area contributed by atoms with Gasteiger partial charge in [-0.25, -0.2) is 15.0 Å². The average Bonchev–Trinajstić information content (AvgIpc) is 3.26. The van der Waals surface area contributed by atoms with Crippen molar-refractivity contribution in [3.05, 3.63) is 95.2 Å². The van der Waals surface area contributed by atoms with E-state index in [1.54, 1.807) is 24.4 Å². The third-order valence-corrected chi connectivity index (χ3v) is 8.16. The molecule has 8 heteroatoms. The van der Waals surface area contributed by atoms with Crippen LogP contribution in [0.25, 0.3) is 11.1 Å². The summed E-state index contributed by atoms with van der Waals surface area (Å²) in [6.07, 6.45) is 3.56. The lowest BCUT2D eigenvalue weighted by atomic mass is 9.85. The Morgan fingerprint density at radius 2 is 1.52 bits per heavy atom. The van der Waals surface area contributed by atoms with Crippen LogP contribution in [0, 0.1) is 6.92 Å². The number of fused-ring (bicyclic) bond motifs is 2. The highest BCUT2D eigenvalue weighted by Crippen LogP contribution is 2.47. The van der Waals surface area contributed by atoms with Gasteiger partial charge in [0.15, 0.2) is 0 Å². The standard InChI is InChI=1S/C32H31N5O3/c1-19-33-16-22(17-34-19)21-9-12-24-26(15-21)37(30(39)31(24,2)3)27-14-13-25-28(35-27)29(38)36(32(25,4)5)18-20-7-10-23(40-6)11-8-20/h7-17H,18H2,1-6H3. The smallest absolute Gasteiger partial charge is 0.273 e. The second-order valence-corrected chi connectivity index (χ2v) is 11.4. The van der Waals surface area contributed by atoms with Crippen molar-refractivity contribution in [2.24, 2.45) is 0 Å². The van der Waals surface area contributed by atoms with E-state index in [1.807, 2.05) is 94.1 Å². The number of nitrogens with zero attached hydrogens (tertiary/aromatic N) is 5. The summed E-state index contributed by atoms with van der Waals surface area (Å²) in [7, 11) is 1.63. The normalized spacial score (nSPS) is 16.8. The molecule has 2 aliphatic heterocycles. The molecule has 0 unspecified atom stereocenters. The van der Waals surface area contributed by atoms with Crippen LogP contribution in [0.2, 0.25) is 0 Å². The zero-order chi connectivity index (χ0) is 28.4. The van der Waals surface area contributed by atoms with Crippen LogP contribution >= 0.6 is 0 Å². The Bertz CT molecular complexity index is 1660. The van der Waals surface area contributed by atoms with Crippen LogP contribution in [0.3, 0.4) is 0 Å². The Balaban J connectivity index is 1.39. The number of carbonyl (C=O) groups excluding carboxylic acids is 2. The summed E-state index contributed by atoms with van der Waals surface area (Å²) in [6, 6.07) is 17.4. The van der Waals surface area contributed by atoms with E-state index in [1.165, 1.54) is 0 Å². The summed E-state index contributed by atoms with van der Waals surface area (Å²) in [4.78, 5) is 44.5. The molecule has 0 atom stereocenters. The molecule has 2 aromatic heterocycles. The predicted octanol–water partition coefficient (Wildman–Crippen LogP) is 5.70. The third-order valence-electron chi connectivity index (χ3n) is 8.16. The second kappa shape index (κ2) is 8.98. The fourth-order valence-corrected chi connectivity index (χ4v) is 5.64. The van der Waals surface area contributed by atoms with Crippen LogP contribution in [0.4, 0.5) is 11.5 Å². The molecule has 0 spiro atoms. The second-order valence-electron chi connectivity index (χ2n) is 11.4. The maximum absolute atomic E-state index is 13.8. The highest BCUT2D eigenvalue weighted by molar-refractivity contribution is 6.12. The van der Waals surface area contributed by atoms with Crippen molar-refractivity contribution in [1.29, 1.82) is 0 Å². The number of hydrogen-bond donors (Lipinski definition) is 0. The molecule has 40 heavy (non-hydrogen) atoms. The first-order valence-electron chi connectivity index (χ1n) is 13.3. The van der Waals surface area contributed by atoms with Crippen molar-refractivity contribution >= 4 is 23.3 Å². The number of amides is 2. The van der Waals surface area contributed by atoms with E-state index in [-0.39, 0.29) is 11.8 Å². The predicted molar refractivity (Wildman–Crippen MR) is 153 cm³/mol. The summed E-state index contributed by atoms with van der Waals surface area (Å²) in [5.74, 6) is 1.64. The Hall–Kier alpha value is -4.59. The Morgan fingerprint density at radius 3 is 2.20 bits per heavy atom. The van der Waals surface area contributed by atoms with Gasteiger partial charge < -0.3 is 9.64 Å². The van der Waals surface area contributed by atoms with Crippen molar-refractivity contribution in [1.82, 2.24) is 19.9 Å². The highest BCUT2D eigenvalue weighted by Gasteiger charge is 2.48. The first-order valence-corrected chi connectivity index (χ1v) is 13.3. The summed E-state index contributed by atoms with van der Waals surface area (Å²) in [5.41, 5.74) is 4.31. The first kappa shape index (κ1) is 25.7. The molecule has 2 amide bonds. The molecule has 0 radical (unpaired) electrons. The Morgan fingerprint density at radius 1 is 0.850 bits per heavy atom. The van der Waals surface area contributed by atoms with Gasteiger partial charge in [0.1, 0.15) is 23.1 Å². The molecular formula is C32H31N5O3. The number of aromatic nitrogens is 3. The molecule has 2 aliphatic rings. The summed E-state index contributed by atoms with van der Waals surface area (Å²) in [6.45, 7) is 10.2. The van der Waals surface area contributed by atoms with Gasteiger partial charge in [0.25, 0.3) is 5.91 Å². The van der Waals surface area contributed by atoms with E-state index >= 15 is 0 Å². The molecule has 0 bridgehead atoms. The third kappa shape index (κ3) is 3.86. The van der Waals surface area contributed by atoms with Crippen LogP contribution in [-0.4, -0.2) is 38.8 Å². The number of aryl methyl sites for hydroxylation is 1. The van der Waals surface area contributed by atoms with Crippen LogP contribution in [0.1, 0.15) is 60.7 Å². The van der Waals surface area contributed by atoms with Gasteiger partial charge in [-0.2, -0.15) is 0 Å². The minimum atomic E-state index is -0.748. The average molecular weight is 534 g/mol. The fourth-order valence-electron chi connectivity index (χ4n) is 5.64. The lowest BCUT2D eigenvalue weighted by molar-refractivity contribution is -0.121. The van der Waals surface area contributed by atoms with Gasteiger partial charge in [-0.05, 0) is 75.6 Å². The van der Waals surface area contributed by atoms with Crippen molar-refractivity contribution in [3.63, 3.8) is 0 Å². The first-order chi connectivity index (χ1) is 19.0. The maximum atomic E-state index is 13.8. The monoisotopic (exact) mass is 533 g/mol. The number of benzene rings is 2. The molecule has 0 saturated carbocycles. The number of methoxy groups -OCH3 is 1. The van der Waals surface area contributed by atoms with E-state index < -0.39 is 11.0 Å². The molecule has 4 aromatic rings. The van der Waals surface area contributed by atoms with Crippen molar-refractivity contribution in [3.8, 4) is 16.9 Å². The highest BCUT2D eigenvalue weighted by atomic mass is 16.5. The van der Waals surface area contributed by atoms with Gasteiger partial charge in [-0.3, -0.25) is 14.5 Å². The summed E-state index contributed by atoms with van der Waals surface area (Å²) >= 11 is 0. The Kier molecular flexibility index (Phi) is 5.76. The van der Waals surface area contributed by atoms with Crippen molar-refractivity contribution in [2.45, 2.75) is 52.1 Å².